The van der Waals surface area contributed by atoms with E-state index in [1.807, 2.05) is 19.1 Å². The minimum absolute atomic E-state index is 0.225. The smallest absolute Gasteiger partial charge is 0.356 e. The number of nitrogen functional groups attached to an aromatic ring is 1. The van der Waals surface area contributed by atoms with Gasteiger partial charge in [0.2, 0.25) is 0 Å². The second-order valence-electron chi connectivity index (χ2n) is 5.24. The Kier molecular flexibility index (Phi) is 2.58. The van der Waals surface area contributed by atoms with Crippen LogP contribution in [0.15, 0.2) is 22.4 Å². The number of thiazole rings is 1. The second kappa shape index (κ2) is 4.36. The molecule has 3 aromatic heterocycles. The van der Waals surface area contributed by atoms with Crippen LogP contribution in [0.25, 0.3) is 16.0 Å². The molecule has 0 saturated heterocycles. The molecule has 0 radical (unpaired) electrons. The van der Waals surface area contributed by atoms with Gasteiger partial charge < -0.3 is 5.73 Å². The zero-order valence-electron chi connectivity index (χ0n) is 11.4. The maximum absolute atomic E-state index is 12.3. The number of hydrogen-bond donors (Lipinski definition) is 1. The van der Waals surface area contributed by atoms with E-state index in [1.165, 1.54) is 15.9 Å². The van der Waals surface area contributed by atoms with E-state index in [0.29, 0.717) is 17.0 Å². The van der Waals surface area contributed by atoms with E-state index < -0.39 is 5.69 Å². The van der Waals surface area contributed by atoms with E-state index in [9.17, 15) is 4.79 Å². The van der Waals surface area contributed by atoms with Gasteiger partial charge in [0.05, 0.1) is 16.6 Å². The molecule has 1 saturated carbocycles. The number of nitrogens with two attached hydrogens (primary N) is 1. The lowest BCUT2D eigenvalue weighted by Gasteiger charge is -2.10. The van der Waals surface area contributed by atoms with Crippen molar-refractivity contribution in [1.82, 2.24) is 19.5 Å². The van der Waals surface area contributed by atoms with Gasteiger partial charge in [0.1, 0.15) is 10.8 Å². The molecule has 4 rings (SSSR count). The number of hydrogen-bond acceptors (Lipinski definition) is 6. The molecular formula is C14H13N5OS. The first-order valence-electron chi connectivity index (χ1n) is 6.75. The Morgan fingerprint density at radius 1 is 1.33 bits per heavy atom. The average Bonchev–Trinajstić information content (AvgIpc) is 3.23. The Balaban J connectivity index is 2.10. The lowest BCUT2D eigenvalue weighted by molar-refractivity contribution is 0.929. The summed E-state index contributed by atoms with van der Waals surface area (Å²) in [5.41, 5.74) is 9.56. The van der Waals surface area contributed by atoms with Crippen molar-refractivity contribution in [2.75, 3.05) is 5.73 Å². The fourth-order valence-corrected chi connectivity index (χ4v) is 3.24. The number of nitrogens with zero attached hydrogens (tertiary/aromatic N) is 4. The Labute approximate surface area is 124 Å². The first kappa shape index (κ1) is 12.5. The van der Waals surface area contributed by atoms with Crippen molar-refractivity contribution < 1.29 is 0 Å². The number of aromatic nitrogens is 4. The van der Waals surface area contributed by atoms with E-state index in [0.717, 1.165) is 29.2 Å². The van der Waals surface area contributed by atoms with E-state index in [1.54, 1.807) is 5.51 Å². The topological polar surface area (TPSA) is 86.7 Å². The van der Waals surface area contributed by atoms with Crippen LogP contribution >= 0.6 is 11.3 Å². The molecule has 1 fully saturated rings. The van der Waals surface area contributed by atoms with Gasteiger partial charge in [-0.15, -0.1) is 11.3 Å². The largest absolute Gasteiger partial charge is 0.383 e. The second-order valence-corrected chi connectivity index (χ2v) is 6.07. The van der Waals surface area contributed by atoms with Crippen LogP contribution < -0.4 is 11.4 Å². The minimum atomic E-state index is -0.409. The number of rotatable bonds is 2. The van der Waals surface area contributed by atoms with Crippen molar-refractivity contribution in [2.24, 2.45) is 0 Å². The Morgan fingerprint density at radius 3 is 2.81 bits per heavy atom. The third-order valence-electron chi connectivity index (χ3n) is 3.71. The van der Waals surface area contributed by atoms with Crippen LogP contribution in [-0.4, -0.2) is 19.5 Å². The molecule has 3 aromatic rings. The van der Waals surface area contributed by atoms with Crippen LogP contribution in [0.1, 0.15) is 30.1 Å². The number of pyridine rings is 1. The van der Waals surface area contributed by atoms with Gasteiger partial charge in [-0.25, -0.2) is 19.3 Å². The molecular weight excluding hydrogens is 286 g/mol. The molecule has 3 heterocycles. The Morgan fingerprint density at radius 2 is 2.14 bits per heavy atom. The van der Waals surface area contributed by atoms with E-state index >= 15 is 0 Å². The molecule has 0 aliphatic heterocycles. The van der Waals surface area contributed by atoms with Crippen LogP contribution in [0, 0.1) is 6.92 Å². The van der Waals surface area contributed by atoms with E-state index in [-0.39, 0.29) is 5.82 Å². The maximum Gasteiger partial charge on any atom is 0.356 e. The van der Waals surface area contributed by atoms with Crippen LogP contribution in [0.5, 0.6) is 0 Å². The summed E-state index contributed by atoms with van der Waals surface area (Å²) in [5.74, 6) is 0.734. The third-order valence-corrected chi connectivity index (χ3v) is 4.62. The third kappa shape index (κ3) is 1.92. The van der Waals surface area contributed by atoms with Gasteiger partial charge in [-0.2, -0.15) is 4.98 Å². The fourth-order valence-electron chi connectivity index (χ4n) is 2.44. The molecule has 0 atom stereocenters. The van der Waals surface area contributed by atoms with E-state index in [2.05, 4.69) is 15.0 Å². The van der Waals surface area contributed by atoms with Crippen LogP contribution in [0.3, 0.4) is 0 Å². The standard InChI is InChI=1S/C14H13N5OS/c1-7-13(21-6-16-7)19-12-9(11(15)18-14(19)20)4-5-10(17-12)8-2-3-8/h4-6,8H,2-3H2,1H3,(H2,15,18,20). The summed E-state index contributed by atoms with van der Waals surface area (Å²) in [4.78, 5) is 25.1. The van der Waals surface area contributed by atoms with Gasteiger partial charge in [0, 0.05) is 11.6 Å². The first-order valence-corrected chi connectivity index (χ1v) is 7.63. The van der Waals surface area contributed by atoms with Crippen molar-refractivity contribution in [1.29, 1.82) is 0 Å². The molecule has 1 aliphatic carbocycles. The van der Waals surface area contributed by atoms with Crippen LogP contribution in [0.2, 0.25) is 0 Å². The molecule has 0 amide bonds. The van der Waals surface area contributed by atoms with Gasteiger partial charge in [-0.3, -0.25) is 0 Å². The predicted molar refractivity (Wildman–Crippen MR) is 81.9 cm³/mol. The summed E-state index contributed by atoms with van der Waals surface area (Å²) in [6.45, 7) is 1.87. The zero-order valence-corrected chi connectivity index (χ0v) is 12.2. The SMILES string of the molecule is Cc1ncsc1-n1c(=O)nc(N)c2ccc(C3CC3)nc21. The zero-order chi connectivity index (χ0) is 14.6. The molecule has 106 valence electrons. The van der Waals surface area contributed by atoms with Gasteiger partial charge in [0.15, 0.2) is 5.65 Å². The summed E-state index contributed by atoms with van der Waals surface area (Å²) in [6, 6.07) is 3.89. The van der Waals surface area contributed by atoms with Crippen molar-refractivity contribution in [3.05, 3.63) is 39.5 Å². The Hall–Kier alpha value is -2.28. The van der Waals surface area contributed by atoms with Crippen molar-refractivity contribution in [3.63, 3.8) is 0 Å². The van der Waals surface area contributed by atoms with Crippen molar-refractivity contribution in [3.8, 4) is 5.00 Å². The van der Waals surface area contributed by atoms with Crippen LogP contribution in [0.4, 0.5) is 5.82 Å². The highest BCUT2D eigenvalue weighted by molar-refractivity contribution is 7.12. The molecule has 0 aromatic carbocycles. The lowest BCUT2D eigenvalue weighted by atomic mass is 10.2. The van der Waals surface area contributed by atoms with Crippen molar-refractivity contribution in [2.45, 2.75) is 25.7 Å². The summed E-state index contributed by atoms with van der Waals surface area (Å²) < 4.78 is 1.52. The molecule has 2 N–H and O–H groups in total. The van der Waals surface area contributed by atoms with Crippen LogP contribution in [-0.2, 0) is 0 Å². The minimum Gasteiger partial charge on any atom is -0.383 e. The quantitative estimate of drug-likeness (QED) is 0.782. The predicted octanol–water partition coefficient (Wildman–Crippen LogP) is 2.01. The highest BCUT2D eigenvalue weighted by Gasteiger charge is 2.26. The summed E-state index contributed by atoms with van der Waals surface area (Å²) in [6.07, 6.45) is 2.31. The summed E-state index contributed by atoms with van der Waals surface area (Å²) in [5, 5.41) is 1.45. The molecule has 21 heavy (non-hydrogen) atoms. The van der Waals surface area contributed by atoms with Gasteiger partial charge in [-0.1, -0.05) is 0 Å². The van der Waals surface area contributed by atoms with Gasteiger partial charge in [0.25, 0.3) is 0 Å². The Bertz CT molecular complexity index is 909. The monoisotopic (exact) mass is 299 g/mol. The maximum atomic E-state index is 12.3. The van der Waals surface area contributed by atoms with Crippen molar-refractivity contribution >= 4 is 28.2 Å². The molecule has 0 spiro atoms. The average molecular weight is 299 g/mol. The van der Waals surface area contributed by atoms with E-state index in [4.69, 9.17) is 5.73 Å². The molecule has 7 heteroatoms. The molecule has 6 nitrogen and oxygen atoms in total. The van der Waals surface area contributed by atoms with Gasteiger partial charge >= 0.3 is 5.69 Å². The summed E-state index contributed by atoms with van der Waals surface area (Å²) in [7, 11) is 0. The normalized spacial score (nSPS) is 14.7. The number of aryl methyl sites for hydroxylation is 1. The molecule has 0 bridgehead atoms. The molecule has 1 aliphatic rings. The lowest BCUT2D eigenvalue weighted by Crippen LogP contribution is -2.24. The first-order chi connectivity index (χ1) is 10.1. The summed E-state index contributed by atoms with van der Waals surface area (Å²) >= 11 is 1.40. The fraction of sp³-hybridized carbons (Fsp3) is 0.286. The van der Waals surface area contributed by atoms with Gasteiger partial charge in [-0.05, 0) is 31.9 Å². The highest BCUT2D eigenvalue weighted by atomic mass is 32.1. The number of fused-ring (bicyclic) bond motifs is 1. The molecule has 0 unspecified atom stereocenters. The highest BCUT2D eigenvalue weighted by Crippen LogP contribution is 2.39. The number of anilines is 1.